The molecule has 0 radical (unpaired) electrons. The van der Waals surface area contributed by atoms with Crippen LogP contribution in [0.5, 0.6) is 0 Å². The average Bonchev–Trinajstić information content (AvgIpc) is 3.40. The predicted molar refractivity (Wildman–Crippen MR) is 108 cm³/mol. The molecule has 1 fully saturated rings. The van der Waals surface area contributed by atoms with Crippen LogP contribution in [-0.4, -0.2) is 58.3 Å². The van der Waals surface area contributed by atoms with E-state index in [1.54, 1.807) is 6.20 Å². The van der Waals surface area contributed by atoms with Crippen molar-refractivity contribution in [1.29, 1.82) is 5.26 Å². The maximum absolute atomic E-state index is 11.9. The van der Waals surface area contributed by atoms with E-state index in [4.69, 9.17) is 9.62 Å². The van der Waals surface area contributed by atoms with E-state index in [2.05, 4.69) is 26.6 Å². The number of nitriles is 1. The summed E-state index contributed by atoms with van der Waals surface area (Å²) in [5, 5.41) is 25.2. The van der Waals surface area contributed by atoms with Gasteiger partial charge in [0, 0.05) is 36.2 Å². The van der Waals surface area contributed by atoms with Gasteiger partial charge in [-0.2, -0.15) is 10.4 Å². The first-order valence-corrected chi connectivity index (χ1v) is 11.5. The number of H-pyrrole nitrogens is 1. The molecule has 0 bridgehead atoms. The lowest BCUT2D eigenvalue weighted by Gasteiger charge is -2.35. The van der Waals surface area contributed by atoms with Crippen LogP contribution < -0.4 is 0 Å². The maximum atomic E-state index is 11.9. The quantitative estimate of drug-likeness (QED) is 0.676. The number of benzene rings is 1. The van der Waals surface area contributed by atoms with Crippen LogP contribution in [0.2, 0.25) is 0 Å². The number of nitrogens with zero attached hydrogens (tertiary/aromatic N) is 6. The van der Waals surface area contributed by atoms with Gasteiger partial charge in [-0.05, 0) is 34.8 Å². The summed E-state index contributed by atoms with van der Waals surface area (Å²) in [6, 6.07) is 8.05. The van der Waals surface area contributed by atoms with E-state index < -0.39 is 15.9 Å². The van der Waals surface area contributed by atoms with Crippen LogP contribution in [0.3, 0.4) is 0 Å². The fourth-order valence-corrected chi connectivity index (χ4v) is 5.42. The van der Waals surface area contributed by atoms with Crippen LogP contribution in [0.25, 0.3) is 11.0 Å². The van der Waals surface area contributed by atoms with Gasteiger partial charge in [-0.3, -0.25) is 5.10 Å². The summed E-state index contributed by atoms with van der Waals surface area (Å²) in [6.45, 7) is 0.841. The topological polar surface area (TPSA) is 141 Å². The molecule has 10 nitrogen and oxygen atoms in total. The first kappa shape index (κ1) is 18.9. The van der Waals surface area contributed by atoms with Gasteiger partial charge in [-0.15, -0.1) is 0 Å². The second-order valence-electron chi connectivity index (χ2n) is 7.71. The van der Waals surface area contributed by atoms with E-state index in [1.165, 1.54) is 10.6 Å². The SMILES string of the molecule is CS(=O)(=O)N1CCC(C2=Nc3[nH]ncc3C(c3cccc4nonc34)C2C#N)CC1. The first-order valence-electron chi connectivity index (χ1n) is 9.65. The highest BCUT2D eigenvalue weighted by molar-refractivity contribution is 7.88. The Morgan fingerprint density at radius 2 is 2.03 bits per heavy atom. The number of nitrogens with one attached hydrogen (secondary N) is 1. The maximum Gasteiger partial charge on any atom is 0.211 e. The van der Waals surface area contributed by atoms with Gasteiger partial charge in [-0.25, -0.2) is 22.3 Å². The molecule has 2 unspecified atom stereocenters. The molecule has 3 aromatic rings. The Bertz CT molecular complexity index is 1280. The van der Waals surface area contributed by atoms with Crippen LogP contribution in [-0.2, 0) is 10.0 Å². The summed E-state index contributed by atoms with van der Waals surface area (Å²) >= 11 is 0. The molecular weight excluding hydrogens is 406 g/mol. The van der Waals surface area contributed by atoms with Gasteiger partial charge < -0.3 is 0 Å². The molecule has 1 N–H and O–H groups in total. The monoisotopic (exact) mass is 425 g/mol. The minimum atomic E-state index is -3.22. The van der Waals surface area contributed by atoms with Crippen molar-refractivity contribution in [2.75, 3.05) is 19.3 Å². The molecule has 0 amide bonds. The molecule has 154 valence electrons. The summed E-state index contributed by atoms with van der Waals surface area (Å²) in [5.74, 6) is -0.200. The first-order chi connectivity index (χ1) is 14.5. The van der Waals surface area contributed by atoms with Crippen molar-refractivity contribution in [3.63, 3.8) is 0 Å². The molecule has 2 aliphatic heterocycles. The summed E-state index contributed by atoms with van der Waals surface area (Å²) in [5.41, 5.74) is 3.67. The lowest BCUT2D eigenvalue weighted by molar-refractivity contribution is 0.313. The number of piperidine rings is 1. The van der Waals surface area contributed by atoms with Gasteiger partial charge in [0.25, 0.3) is 0 Å². The van der Waals surface area contributed by atoms with Crippen molar-refractivity contribution in [2.24, 2.45) is 16.8 Å². The number of sulfonamides is 1. The number of fused-ring (bicyclic) bond motifs is 2. The summed E-state index contributed by atoms with van der Waals surface area (Å²) in [6.07, 6.45) is 4.16. The van der Waals surface area contributed by atoms with Crippen molar-refractivity contribution in [3.05, 3.63) is 35.5 Å². The molecule has 1 saturated heterocycles. The third-order valence-corrected chi connectivity index (χ3v) is 7.31. The van der Waals surface area contributed by atoms with E-state index in [0.717, 1.165) is 16.8 Å². The fourth-order valence-electron chi connectivity index (χ4n) is 4.55. The zero-order valence-electron chi connectivity index (χ0n) is 16.2. The smallest absolute Gasteiger partial charge is 0.211 e. The van der Waals surface area contributed by atoms with Crippen molar-refractivity contribution < 1.29 is 13.0 Å². The van der Waals surface area contributed by atoms with E-state index in [9.17, 15) is 13.7 Å². The minimum absolute atomic E-state index is 0.0150. The van der Waals surface area contributed by atoms with Crippen molar-refractivity contribution in [3.8, 4) is 6.07 Å². The highest BCUT2D eigenvalue weighted by Crippen LogP contribution is 2.45. The molecule has 4 heterocycles. The van der Waals surface area contributed by atoms with E-state index in [0.29, 0.717) is 42.8 Å². The predicted octanol–water partition coefficient (Wildman–Crippen LogP) is 1.98. The fraction of sp³-hybridized carbons (Fsp3) is 0.421. The van der Waals surface area contributed by atoms with Crippen LogP contribution in [0, 0.1) is 23.2 Å². The molecule has 2 aromatic heterocycles. The number of aromatic nitrogens is 4. The second-order valence-corrected chi connectivity index (χ2v) is 9.69. The third kappa shape index (κ3) is 3.00. The van der Waals surface area contributed by atoms with Crippen molar-refractivity contribution in [1.82, 2.24) is 24.8 Å². The standard InChI is InChI=1S/C19H19N7O3S/c1-30(27,28)26-7-5-11(6-8-26)17-13(9-20)16(14-10-21-23-19(14)22-17)12-3-2-4-15-18(12)25-29-24-15/h2-4,10-11,13,16H,5-8H2,1H3,(H,21,23). The summed E-state index contributed by atoms with van der Waals surface area (Å²) in [7, 11) is -3.22. The molecule has 2 aliphatic rings. The Labute approximate surface area is 172 Å². The summed E-state index contributed by atoms with van der Waals surface area (Å²) in [4.78, 5) is 4.76. The highest BCUT2D eigenvalue weighted by atomic mass is 32.2. The Hall–Kier alpha value is -3.10. The normalized spacial score (nSPS) is 23.1. The molecule has 0 spiro atoms. The molecular formula is C19H19N7O3S. The summed E-state index contributed by atoms with van der Waals surface area (Å²) < 4.78 is 30.1. The van der Waals surface area contributed by atoms with Gasteiger partial charge >= 0.3 is 0 Å². The van der Waals surface area contributed by atoms with Gasteiger partial charge in [0.2, 0.25) is 10.0 Å². The zero-order valence-corrected chi connectivity index (χ0v) is 17.0. The van der Waals surface area contributed by atoms with E-state index >= 15 is 0 Å². The second kappa shape index (κ2) is 7.00. The Kier molecular flexibility index (Phi) is 4.41. The molecule has 0 aliphatic carbocycles. The van der Waals surface area contributed by atoms with E-state index in [-0.39, 0.29) is 11.8 Å². The lowest BCUT2D eigenvalue weighted by Crippen LogP contribution is -2.42. The minimum Gasteiger partial charge on any atom is -0.261 e. The van der Waals surface area contributed by atoms with Gasteiger partial charge in [0.05, 0.1) is 24.4 Å². The molecule has 5 rings (SSSR count). The van der Waals surface area contributed by atoms with Gasteiger partial charge in [0.15, 0.2) is 5.82 Å². The van der Waals surface area contributed by atoms with E-state index in [1.807, 2.05) is 18.2 Å². The lowest BCUT2D eigenvalue weighted by atomic mass is 9.73. The van der Waals surface area contributed by atoms with Gasteiger partial charge in [-0.1, -0.05) is 12.1 Å². The van der Waals surface area contributed by atoms with Crippen LogP contribution in [0.15, 0.2) is 34.0 Å². The van der Waals surface area contributed by atoms with Crippen LogP contribution in [0.4, 0.5) is 5.82 Å². The third-order valence-electron chi connectivity index (χ3n) is 6.01. The average molecular weight is 425 g/mol. The number of aliphatic imine (C=N–C) groups is 1. The largest absolute Gasteiger partial charge is 0.261 e. The highest BCUT2D eigenvalue weighted by Gasteiger charge is 2.41. The van der Waals surface area contributed by atoms with Crippen molar-refractivity contribution in [2.45, 2.75) is 18.8 Å². The molecule has 30 heavy (non-hydrogen) atoms. The Morgan fingerprint density at radius 3 is 2.77 bits per heavy atom. The molecule has 2 atom stereocenters. The Morgan fingerprint density at radius 1 is 1.23 bits per heavy atom. The number of hydrogen-bond donors (Lipinski definition) is 1. The van der Waals surface area contributed by atoms with Gasteiger partial charge in [0.1, 0.15) is 11.0 Å². The van der Waals surface area contributed by atoms with Crippen LogP contribution >= 0.6 is 0 Å². The van der Waals surface area contributed by atoms with Crippen molar-refractivity contribution >= 4 is 32.6 Å². The molecule has 0 saturated carbocycles. The number of aromatic amines is 1. The number of hydrogen-bond acceptors (Lipinski definition) is 8. The van der Waals surface area contributed by atoms with Crippen LogP contribution in [0.1, 0.15) is 29.9 Å². The number of rotatable bonds is 3. The Balaban J connectivity index is 1.56. The zero-order chi connectivity index (χ0) is 20.9. The molecule has 1 aromatic carbocycles. The molecule has 11 heteroatoms.